The van der Waals surface area contributed by atoms with E-state index in [4.69, 9.17) is 18.9 Å². The number of unbranched alkanes of at least 4 members (excludes halogenated alkanes) is 19. The van der Waals surface area contributed by atoms with E-state index in [1.165, 1.54) is 64.2 Å². The summed E-state index contributed by atoms with van der Waals surface area (Å²) in [7, 11) is 0. The maximum absolute atomic E-state index is 13.2. The Bertz CT molecular complexity index is 1230. The average molecular weight is 927 g/mol. The Hall–Kier alpha value is -3.40. The van der Waals surface area contributed by atoms with E-state index in [9.17, 15) is 19.2 Å². The molecule has 1 amide bonds. The quantitative estimate of drug-likeness (QED) is 0.0275. The van der Waals surface area contributed by atoms with Crippen LogP contribution in [0.15, 0.2) is 48.6 Å². The van der Waals surface area contributed by atoms with Crippen LogP contribution >= 0.6 is 0 Å². The second-order valence-corrected chi connectivity index (χ2v) is 18.3. The van der Waals surface area contributed by atoms with Gasteiger partial charge in [0.15, 0.2) is 6.10 Å². The minimum Gasteiger partial charge on any atom is -0.462 e. The molecule has 0 aliphatic carbocycles. The van der Waals surface area contributed by atoms with Gasteiger partial charge in [0.1, 0.15) is 19.3 Å². The summed E-state index contributed by atoms with van der Waals surface area (Å²) in [5.41, 5.74) is 0. The molecule has 0 aromatic rings. The predicted octanol–water partition coefficient (Wildman–Crippen LogP) is 14.6. The van der Waals surface area contributed by atoms with Gasteiger partial charge in [-0.25, -0.2) is 4.79 Å². The Kier molecular flexibility index (Phi) is 42.9. The lowest BCUT2D eigenvalue weighted by Crippen LogP contribution is -2.36. The van der Waals surface area contributed by atoms with Crippen LogP contribution < -0.4 is 5.32 Å². The van der Waals surface area contributed by atoms with Crippen molar-refractivity contribution in [2.45, 2.75) is 245 Å². The van der Waals surface area contributed by atoms with Crippen LogP contribution in [0, 0.1) is 0 Å². The number of likely N-dealkylation sites (tertiary alicyclic amines) is 1. The van der Waals surface area contributed by atoms with Crippen molar-refractivity contribution in [3.05, 3.63) is 48.6 Å². The number of hydrogen-bond acceptors (Lipinski definition) is 9. The minimum absolute atomic E-state index is 0.0236. The third kappa shape index (κ3) is 40.8. The monoisotopic (exact) mass is 927 g/mol. The van der Waals surface area contributed by atoms with Crippen molar-refractivity contribution < 1.29 is 38.1 Å². The summed E-state index contributed by atoms with van der Waals surface area (Å²) in [4.78, 5) is 53.7. The Morgan fingerprint density at radius 3 is 1.41 bits per heavy atom. The van der Waals surface area contributed by atoms with Crippen LogP contribution in [0.1, 0.15) is 233 Å². The van der Waals surface area contributed by atoms with Crippen molar-refractivity contribution in [3.8, 4) is 0 Å². The molecular formula is C56H98N2O8. The van der Waals surface area contributed by atoms with Crippen LogP contribution in [-0.4, -0.2) is 80.5 Å². The predicted molar refractivity (Wildman–Crippen MR) is 272 cm³/mol. The third-order valence-corrected chi connectivity index (χ3v) is 12.0. The molecule has 1 saturated heterocycles. The number of amides is 1. The van der Waals surface area contributed by atoms with Gasteiger partial charge in [-0.2, -0.15) is 0 Å². The summed E-state index contributed by atoms with van der Waals surface area (Å²) in [5, 5.41) is 2.88. The molecule has 0 spiro atoms. The molecule has 380 valence electrons. The molecule has 0 aromatic carbocycles. The van der Waals surface area contributed by atoms with E-state index in [-0.39, 0.29) is 44.4 Å². The SMILES string of the molecule is CCCCC/C=C\C/C=C\CCCCCCCC(=O)OCC(COC(=O)CCCCCCC/C=C\C/C=C\CCCCC)OC(=O)CCC(CCCCCC)OC(=O)NCCN1CCCC1. The molecule has 1 heterocycles. The minimum atomic E-state index is -0.919. The van der Waals surface area contributed by atoms with Gasteiger partial charge < -0.3 is 29.2 Å². The van der Waals surface area contributed by atoms with Crippen molar-refractivity contribution >= 4 is 24.0 Å². The first-order chi connectivity index (χ1) is 32.4. The van der Waals surface area contributed by atoms with Crippen molar-refractivity contribution in [1.82, 2.24) is 10.2 Å². The van der Waals surface area contributed by atoms with Gasteiger partial charge in [-0.3, -0.25) is 14.4 Å². The Balaban J connectivity index is 2.54. The van der Waals surface area contributed by atoms with E-state index < -0.39 is 24.3 Å². The van der Waals surface area contributed by atoms with Crippen molar-refractivity contribution in [2.75, 3.05) is 39.4 Å². The van der Waals surface area contributed by atoms with E-state index in [2.05, 4.69) is 79.6 Å². The molecule has 0 radical (unpaired) electrons. The highest BCUT2D eigenvalue weighted by Crippen LogP contribution is 2.16. The molecule has 1 aliphatic heterocycles. The third-order valence-electron chi connectivity index (χ3n) is 12.0. The van der Waals surface area contributed by atoms with Crippen LogP contribution in [0.2, 0.25) is 0 Å². The first-order valence-corrected chi connectivity index (χ1v) is 27.1. The number of hydrogen-bond donors (Lipinski definition) is 1. The van der Waals surface area contributed by atoms with E-state index in [1.54, 1.807) is 0 Å². The molecule has 0 saturated carbocycles. The zero-order chi connectivity index (χ0) is 47.8. The number of nitrogens with zero attached hydrogens (tertiary/aromatic N) is 1. The van der Waals surface area contributed by atoms with Crippen LogP contribution in [0.25, 0.3) is 0 Å². The van der Waals surface area contributed by atoms with Crippen LogP contribution in [0.5, 0.6) is 0 Å². The fourth-order valence-corrected chi connectivity index (χ4v) is 7.89. The number of alkyl carbamates (subject to hydrolysis) is 1. The van der Waals surface area contributed by atoms with E-state index in [1.807, 2.05) is 0 Å². The van der Waals surface area contributed by atoms with Gasteiger partial charge in [0, 0.05) is 32.4 Å². The molecule has 1 atom stereocenters. The van der Waals surface area contributed by atoms with Gasteiger partial charge in [0.25, 0.3) is 0 Å². The maximum atomic E-state index is 13.2. The largest absolute Gasteiger partial charge is 0.462 e. The number of carbonyl (C=O) groups is 4. The summed E-state index contributed by atoms with van der Waals surface area (Å²) in [5.74, 6) is -1.21. The molecular weight excluding hydrogens is 829 g/mol. The topological polar surface area (TPSA) is 120 Å². The molecule has 10 nitrogen and oxygen atoms in total. The molecule has 1 aliphatic rings. The maximum Gasteiger partial charge on any atom is 0.407 e. The van der Waals surface area contributed by atoms with Crippen LogP contribution in [0.3, 0.4) is 0 Å². The number of allylic oxidation sites excluding steroid dienone is 8. The molecule has 1 unspecified atom stereocenters. The second kappa shape index (κ2) is 46.7. The van der Waals surface area contributed by atoms with Gasteiger partial charge >= 0.3 is 24.0 Å². The van der Waals surface area contributed by atoms with E-state index in [0.717, 1.165) is 135 Å². The number of carbonyl (C=O) groups excluding carboxylic acids is 4. The highest BCUT2D eigenvalue weighted by atomic mass is 16.6. The number of esters is 3. The highest BCUT2D eigenvalue weighted by Gasteiger charge is 2.22. The highest BCUT2D eigenvalue weighted by molar-refractivity contribution is 5.71. The van der Waals surface area contributed by atoms with E-state index >= 15 is 0 Å². The molecule has 1 rings (SSSR count). The van der Waals surface area contributed by atoms with Crippen molar-refractivity contribution in [1.29, 1.82) is 0 Å². The average Bonchev–Trinajstić information content (AvgIpc) is 3.84. The lowest BCUT2D eigenvalue weighted by atomic mass is 10.1. The Morgan fingerprint density at radius 1 is 0.470 bits per heavy atom. The molecule has 0 bridgehead atoms. The summed E-state index contributed by atoms with van der Waals surface area (Å²) >= 11 is 0. The lowest BCUT2D eigenvalue weighted by Gasteiger charge is -2.21. The Labute approximate surface area is 403 Å². The fourth-order valence-electron chi connectivity index (χ4n) is 7.89. The first kappa shape index (κ1) is 60.6. The molecule has 1 N–H and O–H groups in total. The van der Waals surface area contributed by atoms with Gasteiger partial charge in [0.05, 0.1) is 0 Å². The second-order valence-electron chi connectivity index (χ2n) is 18.3. The standard InChI is InChI=1S/C56H98N2O8/c1-4-7-10-13-15-17-19-21-23-25-27-29-31-33-36-41-53(59)63-49-52(50-64-54(60)42-37-34-32-30-28-26-24-22-20-18-16-14-11-8-5-2)65-55(61)44-43-51(40-35-12-9-6-3)66-56(62)57-45-48-58-46-38-39-47-58/h15-18,21-24,51-52H,4-14,19-20,25-50H2,1-3H3,(H,57,62)/b17-15-,18-16-,23-21-,24-22-. The van der Waals surface area contributed by atoms with Crippen molar-refractivity contribution in [2.24, 2.45) is 0 Å². The number of ether oxygens (including phenoxy) is 4. The summed E-state index contributed by atoms with van der Waals surface area (Å²) in [6.45, 7) is 9.69. The first-order valence-electron chi connectivity index (χ1n) is 27.1. The summed E-state index contributed by atoms with van der Waals surface area (Å²) < 4.78 is 22.7. The van der Waals surface area contributed by atoms with Crippen LogP contribution in [0.4, 0.5) is 4.79 Å². The molecule has 0 aromatic heterocycles. The van der Waals surface area contributed by atoms with Gasteiger partial charge in [0.2, 0.25) is 0 Å². The zero-order valence-electron chi connectivity index (χ0n) is 42.6. The Morgan fingerprint density at radius 2 is 0.909 bits per heavy atom. The van der Waals surface area contributed by atoms with Gasteiger partial charge in [-0.15, -0.1) is 0 Å². The van der Waals surface area contributed by atoms with Gasteiger partial charge in [-0.05, 0) is 122 Å². The summed E-state index contributed by atoms with van der Waals surface area (Å²) in [6, 6.07) is 0. The smallest absolute Gasteiger partial charge is 0.407 e. The van der Waals surface area contributed by atoms with Crippen molar-refractivity contribution in [3.63, 3.8) is 0 Å². The number of nitrogens with one attached hydrogen (secondary N) is 1. The fraction of sp³-hybridized carbons (Fsp3) is 0.786. The van der Waals surface area contributed by atoms with Gasteiger partial charge in [-0.1, -0.05) is 153 Å². The molecule has 10 heteroatoms. The van der Waals surface area contributed by atoms with E-state index in [0.29, 0.717) is 19.4 Å². The normalized spacial score (nSPS) is 13.8. The lowest BCUT2D eigenvalue weighted by molar-refractivity contribution is -0.167. The molecule has 1 fully saturated rings. The zero-order valence-corrected chi connectivity index (χ0v) is 42.6. The molecule has 66 heavy (non-hydrogen) atoms. The summed E-state index contributed by atoms with van der Waals surface area (Å²) in [6.07, 6.45) is 48.6. The van der Waals surface area contributed by atoms with Crippen LogP contribution in [-0.2, 0) is 33.3 Å². The number of rotatable bonds is 45.